The van der Waals surface area contributed by atoms with E-state index >= 15 is 0 Å². The van der Waals surface area contributed by atoms with Gasteiger partial charge in [0.25, 0.3) is 0 Å². The molecule has 0 radical (unpaired) electrons. The van der Waals surface area contributed by atoms with Crippen molar-refractivity contribution in [2.45, 2.75) is 13.8 Å². The first-order chi connectivity index (χ1) is 9.90. The molecule has 0 fully saturated rings. The smallest absolute Gasteiger partial charge is 0.338 e. The fourth-order valence-corrected chi connectivity index (χ4v) is 1.77. The van der Waals surface area contributed by atoms with E-state index in [1.807, 2.05) is 0 Å². The van der Waals surface area contributed by atoms with Crippen molar-refractivity contribution in [2.24, 2.45) is 0 Å². The van der Waals surface area contributed by atoms with Crippen LogP contribution in [-0.4, -0.2) is 5.97 Å². The maximum absolute atomic E-state index is 13.9. The second-order valence-electron chi connectivity index (χ2n) is 4.75. The average molecular weight is 288 g/mol. The second-order valence-corrected chi connectivity index (χ2v) is 4.75. The zero-order valence-electron chi connectivity index (χ0n) is 11.7. The maximum Gasteiger partial charge on any atom is 0.338 e. The molecule has 0 aliphatic rings. The van der Waals surface area contributed by atoms with Crippen LogP contribution in [0, 0.1) is 18.6 Å². The fraction of sp³-hybridized carbons (Fsp3) is 0.118. The van der Waals surface area contributed by atoms with Gasteiger partial charge in [0.05, 0.1) is 0 Å². The molecule has 0 aromatic heterocycles. The summed E-state index contributed by atoms with van der Waals surface area (Å²) in [6.07, 6.45) is 0. The quantitative estimate of drug-likeness (QED) is 0.474. The van der Waals surface area contributed by atoms with E-state index in [-0.39, 0.29) is 16.7 Å². The molecule has 0 aliphatic carbocycles. The lowest BCUT2D eigenvalue weighted by molar-refractivity contribution is -0.130. The third-order valence-corrected chi connectivity index (χ3v) is 3.00. The van der Waals surface area contributed by atoms with Gasteiger partial charge in [0.15, 0.2) is 11.6 Å². The molecule has 4 heteroatoms. The Bertz CT molecular complexity index is 703. The third kappa shape index (κ3) is 3.16. The molecule has 108 valence electrons. The van der Waals surface area contributed by atoms with Gasteiger partial charge >= 0.3 is 5.97 Å². The Morgan fingerprint density at radius 1 is 1.05 bits per heavy atom. The van der Waals surface area contributed by atoms with Crippen LogP contribution >= 0.6 is 0 Å². The number of benzene rings is 2. The molecule has 0 unspecified atom stereocenters. The zero-order valence-corrected chi connectivity index (χ0v) is 11.7. The highest BCUT2D eigenvalue weighted by atomic mass is 19.2. The number of esters is 1. The van der Waals surface area contributed by atoms with Gasteiger partial charge in [0, 0.05) is 11.1 Å². The summed E-state index contributed by atoms with van der Waals surface area (Å²) in [5.74, 6) is -1.96. The molecule has 0 saturated carbocycles. The first-order valence-electron chi connectivity index (χ1n) is 6.33. The molecule has 21 heavy (non-hydrogen) atoms. The van der Waals surface area contributed by atoms with E-state index in [1.54, 1.807) is 19.1 Å². The molecule has 2 nitrogen and oxygen atoms in total. The van der Waals surface area contributed by atoms with Crippen LogP contribution in [0.1, 0.15) is 12.5 Å². The van der Waals surface area contributed by atoms with Crippen LogP contribution in [0.2, 0.25) is 0 Å². The second kappa shape index (κ2) is 5.87. The molecule has 0 aliphatic heterocycles. The standard InChI is InChI=1S/C17H14F2O2/c1-10(2)17(20)21-13-7-5-12(6-8-13)14-9-4-11(3)15(18)16(14)19/h4-9H,1H2,2-3H3. The number of aryl methyl sites for hydroxylation is 1. The summed E-state index contributed by atoms with van der Waals surface area (Å²) in [4.78, 5) is 11.4. The number of hydrogen-bond acceptors (Lipinski definition) is 2. The number of carbonyl (C=O) groups is 1. The van der Waals surface area contributed by atoms with Crippen LogP contribution < -0.4 is 4.74 Å². The lowest BCUT2D eigenvalue weighted by atomic mass is 10.0. The molecule has 0 atom stereocenters. The van der Waals surface area contributed by atoms with Gasteiger partial charge in [-0.25, -0.2) is 13.6 Å². The van der Waals surface area contributed by atoms with E-state index < -0.39 is 17.6 Å². The minimum Gasteiger partial charge on any atom is -0.423 e. The van der Waals surface area contributed by atoms with Gasteiger partial charge in [-0.05, 0) is 37.1 Å². The zero-order chi connectivity index (χ0) is 15.6. The Morgan fingerprint density at radius 2 is 1.67 bits per heavy atom. The fourth-order valence-electron chi connectivity index (χ4n) is 1.77. The summed E-state index contributed by atoms with van der Waals surface area (Å²) in [5.41, 5.74) is 1.20. The van der Waals surface area contributed by atoms with Crippen molar-refractivity contribution in [3.63, 3.8) is 0 Å². The van der Waals surface area contributed by atoms with Crippen LogP contribution in [0.5, 0.6) is 5.75 Å². The van der Waals surface area contributed by atoms with Crippen LogP contribution in [0.3, 0.4) is 0 Å². The van der Waals surface area contributed by atoms with Gasteiger partial charge in [0.2, 0.25) is 0 Å². The van der Waals surface area contributed by atoms with Crippen LogP contribution in [0.4, 0.5) is 8.78 Å². The van der Waals surface area contributed by atoms with Crippen molar-refractivity contribution in [2.75, 3.05) is 0 Å². The van der Waals surface area contributed by atoms with E-state index in [2.05, 4.69) is 6.58 Å². The molecule has 0 N–H and O–H groups in total. The molecular weight excluding hydrogens is 274 g/mol. The molecule has 0 saturated heterocycles. The van der Waals surface area contributed by atoms with Crippen molar-refractivity contribution in [3.8, 4) is 16.9 Å². The lowest BCUT2D eigenvalue weighted by Gasteiger charge is -2.08. The minimum atomic E-state index is -0.887. The van der Waals surface area contributed by atoms with E-state index in [9.17, 15) is 13.6 Å². The highest BCUT2D eigenvalue weighted by Crippen LogP contribution is 2.27. The van der Waals surface area contributed by atoms with Crippen molar-refractivity contribution in [3.05, 3.63) is 65.7 Å². The summed E-state index contributed by atoms with van der Waals surface area (Å²) < 4.78 is 32.5. The number of halogens is 2. The first-order valence-corrected chi connectivity index (χ1v) is 6.33. The van der Waals surface area contributed by atoms with E-state index in [1.165, 1.54) is 31.2 Å². The summed E-state index contributed by atoms with van der Waals surface area (Å²) in [6, 6.07) is 9.20. The Hall–Kier alpha value is -2.49. The molecule has 2 aromatic rings. The monoisotopic (exact) mass is 288 g/mol. The predicted molar refractivity (Wildman–Crippen MR) is 77.0 cm³/mol. The summed E-state index contributed by atoms with van der Waals surface area (Å²) in [7, 11) is 0. The summed E-state index contributed by atoms with van der Waals surface area (Å²) >= 11 is 0. The molecule has 2 aromatic carbocycles. The van der Waals surface area contributed by atoms with Gasteiger partial charge in [0.1, 0.15) is 5.75 Å². The Kier molecular flexibility index (Phi) is 4.17. The van der Waals surface area contributed by atoms with Crippen LogP contribution in [0.15, 0.2) is 48.6 Å². The number of carbonyl (C=O) groups excluding carboxylic acids is 1. The predicted octanol–water partition coefficient (Wildman–Crippen LogP) is 4.42. The molecule has 0 bridgehead atoms. The molecular formula is C17H14F2O2. The van der Waals surface area contributed by atoms with Crippen LogP contribution in [-0.2, 0) is 4.79 Å². The maximum atomic E-state index is 13.9. The Morgan fingerprint density at radius 3 is 2.24 bits per heavy atom. The van der Waals surface area contributed by atoms with E-state index in [0.29, 0.717) is 11.3 Å². The lowest BCUT2D eigenvalue weighted by Crippen LogP contribution is -2.07. The topological polar surface area (TPSA) is 26.3 Å². The SMILES string of the molecule is C=C(C)C(=O)Oc1ccc(-c2ccc(C)c(F)c2F)cc1. The van der Waals surface area contributed by atoms with Gasteiger partial charge in [-0.15, -0.1) is 0 Å². The van der Waals surface area contributed by atoms with Gasteiger partial charge in [-0.2, -0.15) is 0 Å². The van der Waals surface area contributed by atoms with Crippen molar-refractivity contribution < 1.29 is 18.3 Å². The number of rotatable bonds is 3. The molecule has 0 amide bonds. The molecule has 0 spiro atoms. The van der Waals surface area contributed by atoms with Gasteiger partial charge < -0.3 is 4.74 Å². The number of hydrogen-bond donors (Lipinski definition) is 0. The first kappa shape index (κ1) is 14.9. The largest absolute Gasteiger partial charge is 0.423 e. The third-order valence-electron chi connectivity index (χ3n) is 3.00. The normalized spacial score (nSPS) is 10.3. The minimum absolute atomic E-state index is 0.163. The summed E-state index contributed by atoms with van der Waals surface area (Å²) in [5, 5.41) is 0. The van der Waals surface area contributed by atoms with E-state index in [0.717, 1.165) is 0 Å². The van der Waals surface area contributed by atoms with E-state index in [4.69, 9.17) is 4.74 Å². The Balaban J connectivity index is 2.29. The highest BCUT2D eigenvalue weighted by Gasteiger charge is 2.13. The number of ether oxygens (including phenoxy) is 1. The molecule has 0 heterocycles. The van der Waals surface area contributed by atoms with Crippen LogP contribution in [0.25, 0.3) is 11.1 Å². The van der Waals surface area contributed by atoms with Gasteiger partial charge in [-0.3, -0.25) is 0 Å². The molecule has 2 rings (SSSR count). The van der Waals surface area contributed by atoms with Crippen molar-refractivity contribution in [1.29, 1.82) is 0 Å². The summed E-state index contributed by atoms with van der Waals surface area (Å²) in [6.45, 7) is 6.53. The van der Waals surface area contributed by atoms with Crippen molar-refractivity contribution in [1.82, 2.24) is 0 Å². The average Bonchev–Trinajstić information content (AvgIpc) is 2.46. The Labute approximate surface area is 121 Å². The van der Waals surface area contributed by atoms with Crippen molar-refractivity contribution >= 4 is 5.97 Å². The van der Waals surface area contributed by atoms with Gasteiger partial charge in [-0.1, -0.05) is 30.8 Å². The highest BCUT2D eigenvalue weighted by molar-refractivity contribution is 5.88.